The molecule has 3 N–H and O–H groups in total. The van der Waals surface area contributed by atoms with Crippen LogP contribution in [0.3, 0.4) is 0 Å². The van der Waals surface area contributed by atoms with Crippen molar-refractivity contribution in [2.24, 2.45) is 0 Å². The third-order valence-electron chi connectivity index (χ3n) is 2.36. The van der Waals surface area contributed by atoms with Gasteiger partial charge in [-0.05, 0) is 46.6 Å². The van der Waals surface area contributed by atoms with Crippen molar-refractivity contribution in [2.45, 2.75) is 11.1 Å². The normalized spacial score (nSPS) is 11.5. The van der Waals surface area contributed by atoms with Crippen LogP contribution < -0.4 is 10.5 Å². The molecule has 102 valence electrons. The van der Waals surface area contributed by atoms with Gasteiger partial charge < -0.3 is 5.73 Å². The first-order valence-corrected chi connectivity index (χ1v) is 8.22. The van der Waals surface area contributed by atoms with Crippen LogP contribution in [0.25, 0.3) is 0 Å². The van der Waals surface area contributed by atoms with Crippen LogP contribution in [-0.2, 0) is 10.0 Å². The molecule has 0 fully saturated rings. The minimum atomic E-state index is -3.76. The van der Waals surface area contributed by atoms with Gasteiger partial charge in [0, 0.05) is 6.07 Å². The fourth-order valence-corrected chi connectivity index (χ4v) is 4.68. The molecule has 0 aliphatic carbocycles. The summed E-state index contributed by atoms with van der Waals surface area (Å²) < 4.78 is 40.5. The number of nitrogen functional groups attached to an aromatic ring is 1. The zero-order valence-electron chi connectivity index (χ0n) is 9.78. The molecule has 0 saturated carbocycles. The van der Waals surface area contributed by atoms with Crippen molar-refractivity contribution in [2.75, 3.05) is 10.5 Å². The van der Waals surface area contributed by atoms with Gasteiger partial charge in [-0.1, -0.05) is 0 Å². The second-order valence-corrected chi connectivity index (χ2v) is 8.14. The number of halogens is 2. The Labute approximate surface area is 122 Å². The summed E-state index contributed by atoms with van der Waals surface area (Å²) in [6, 6.07) is 5.05. The van der Waals surface area contributed by atoms with Gasteiger partial charge in [-0.15, -0.1) is 11.3 Å². The summed E-state index contributed by atoms with van der Waals surface area (Å²) in [6.45, 7) is 1.79. The number of thiophene rings is 1. The number of aryl methyl sites for hydroxylation is 1. The van der Waals surface area contributed by atoms with Crippen LogP contribution in [0.2, 0.25) is 0 Å². The lowest BCUT2D eigenvalue weighted by Crippen LogP contribution is -2.13. The molecule has 1 aromatic heterocycles. The standard InChI is InChI=1S/C11H10BrFN2O2S2/c1-6-4-10(18-11(6)12)19(16,17)15-9-5-7(13)2-3-8(9)14/h2-5,15H,14H2,1H3. The maximum absolute atomic E-state index is 13.1. The average molecular weight is 365 g/mol. The molecule has 2 rings (SSSR count). The third-order valence-corrected chi connectivity index (χ3v) is 6.33. The predicted octanol–water partition coefficient (Wildman–Crippen LogP) is 3.34. The van der Waals surface area contributed by atoms with Gasteiger partial charge in [0.1, 0.15) is 10.0 Å². The number of sulfonamides is 1. The minimum Gasteiger partial charge on any atom is -0.397 e. The highest BCUT2D eigenvalue weighted by Gasteiger charge is 2.19. The summed E-state index contributed by atoms with van der Waals surface area (Å²) >= 11 is 4.34. The van der Waals surface area contributed by atoms with Crippen LogP contribution in [0.15, 0.2) is 32.3 Å². The van der Waals surface area contributed by atoms with Crippen LogP contribution in [0.1, 0.15) is 5.56 Å². The van der Waals surface area contributed by atoms with E-state index in [0.717, 1.165) is 26.8 Å². The van der Waals surface area contributed by atoms with Crippen molar-refractivity contribution in [1.82, 2.24) is 0 Å². The highest BCUT2D eigenvalue weighted by atomic mass is 79.9. The summed E-state index contributed by atoms with van der Waals surface area (Å²) in [6.07, 6.45) is 0. The Hall–Kier alpha value is -1.12. The molecular formula is C11H10BrFN2O2S2. The smallest absolute Gasteiger partial charge is 0.271 e. The van der Waals surface area contributed by atoms with Crippen LogP contribution in [-0.4, -0.2) is 8.42 Å². The summed E-state index contributed by atoms with van der Waals surface area (Å²) in [7, 11) is -3.76. The van der Waals surface area contributed by atoms with Gasteiger partial charge in [0.25, 0.3) is 10.0 Å². The largest absolute Gasteiger partial charge is 0.397 e. The Morgan fingerprint density at radius 2 is 2.05 bits per heavy atom. The molecule has 1 aromatic carbocycles. The highest BCUT2D eigenvalue weighted by molar-refractivity contribution is 9.11. The topological polar surface area (TPSA) is 72.2 Å². The zero-order chi connectivity index (χ0) is 14.2. The average Bonchev–Trinajstić information content (AvgIpc) is 2.65. The molecule has 0 bridgehead atoms. The van der Waals surface area contributed by atoms with Gasteiger partial charge in [0.05, 0.1) is 15.2 Å². The Morgan fingerprint density at radius 3 is 2.63 bits per heavy atom. The van der Waals surface area contributed by atoms with Crippen molar-refractivity contribution in [3.05, 3.63) is 39.4 Å². The number of nitrogens with one attached hydrogen (secondary N) is 1. The summed E-state index contributed by atoms with van der Waals surface area (Å²) in [5.74, 6) is -0.560. The summed E-state index contributed by atoms with van der Waals surface area (Å²) in [4.78, 5) is 0. The van der Waals surface area contributed by atoms with Crippen LogP contribution in [0.4, 0.5) is 15.8 Å². The zero-order valence-corrected chi connectivity index (χ0v) is 13.0. The van der Waals surface area contributed by atoms with Crippen LogP contribution in [0.5, 0.6) is 0 Å². The molecule has 0 saturated heterocycles. The monoisotopic (exact) mass is 364 g/mol. The fourth-order valence-electron chi connectivity index (χ4n) is 1.38. The molecule has 8 heteroatoms. The molecule has 0 spiro atoms. The van der Waals surface area contributed by atoms with E-state index in [4.69, 9.17) is 5.73 Å². The van der Waals surface area contributed by atoms with E-state index in [0.29, 0.717) is 0 Å². The van der Waals surface area contributed by atoms with Crippen LogP contribution >= 0.6 is 27.3 Å². The first-order valence-electron chi connectivity index (χ1n) is 5.13. The summed E-state index contributed by atoms with van der Waals surface area (Å²) in [5, 5.41) is 0. The van der Waals surface area contributed by atoms with E-state index in [1.54, 1.807) is 6.92 Å². The van der Waals surface area contributed by atoms with Crippen molar-refractivity contribution in [3.63, 3.8) is 0 Å². The maximum atomic E-state index is 13.1. The Kier molecular flexibility index (Phi) is 3.84. The highest BCUT2D eigenvalue weighted by Crippen LogP contribution is 2.32. The SMILES string of the molecule is Cc1cc(S(=O)(=O)Nc2cc(F)ccc2N)sc1Br. The molecule has 1 heterocycles. The fraction of sp³-hybridized carbons (Fsp3) is 0.0909. The van der Waals surface area contributed by atoms with Crippen molar-refractivity contribution >= 4 is 48.7 Å². The second-order valence-electron chi connectivity index (χ2n) is 3.86. The van der Waals surface area contributed by atoms with Gasteiger partial charge in [-0.2, -0.15) is 0 Å². The molecule has 0 unspecified atom stereocenters. The molecule has 0 aliphatic heterocycles. The van der Waals surface area contributed by atoms with E-state index in [1.807, 2.05) is 0 Å². The van der Waals surface area contributed by atoms with Crippen molar-refractivity contribution in [1.29, 1.82) is 0 Å². The molecule has 0 amide bonds. The second kappa shape index (κ2) is 5.10. The van der Waals surface area contributed by atoms with Gasteiger partial charge in [0.15, 0.2) is 0 Å². The molecule has 0 atom stereocenters. The molecule has 2 aromatic rings. The number of anilines is 2. The predicted molar refractivity (Wildman–Crippen MR) is 78.4 cm³/mol. The maximum Gasteiger partial charge on any atom is 0.271 e. The van der Waals surface area contributed by atoms with Gasteiger partial charge >= 0.3 is 0 Å². The van der Waals surface area contributed by atoms with Gasteiger partial charge in [0.2, 0.25) is 0 Å². The van der Waals surface area contributed by atoms with Crippen LogP contribution in [0, 0.1) is 12.7 Å². The van der Waals surface area contributed by atoms with E-state index in [2.05, 4.69) is 20.7 Å². The Balaban J connectivity index is 2.39. The van der Waals surface area contributed by atoms with E-state index >= 15 is 0 Å². The lowest BCUT2D eigenvalue weighted by Gasteiger charge is -2.08. The Morgan fingerprint density at radius 1 is 1.37 bits per heavy atom. The molecule has 19 heavy (non-hydrogen) atoms. The number of nitrogens with two attached hydrogens (primary N) is 1. The van der Waals surface area contributed by atoms with Crippen molar-refractivity contribution < 1.29 is 12.8 Å². The Bertz CT molecular complexity index is 709. The molecule has 0 radical (unpaired) electrons. The lowest BCUT2D eigenvalue weighted by molar-refractivity contribution is 0.603. The number of benzene rings is 1. The molecule has 0 aliphatic rings. The van der Waals surface area contributed by atoms with E-state index in [9.17, 15) is 12.8 Å². The molecule has 4 nitrogen and oxygen atoms in total. The first-order chi connectivity index (χ1) is 8.79. The minimum absolute atomic E-state index is 0.0298. The number of hydrogen-bond donors (Lipinski definition) is 2. The first kappa shape index (κ1) is 14.3. The third kappa shape index (κ3) is 3.07. The number of hydrogen-bond acceptors (Lipinski definition) is 4. The van der Waals surface area contributed by atoms with E-state index in [1.165, 1.54) is 18.2 Å². The van der Waals surface area contributed by atoms with Gasteiger partial charge in [-0.25, -0.2) is 12.8 Å². The van der Waals surface area contributed by atoms with Crippen molar-refractivity contribution in [3.8, 4) is 0 Å². The summed E-state index contributed by atoms with van der Waals surface area (Å²) in [5.41, 5.74) is 6.62. The van der Waals surface area contributed by atoms with Gasteiger partial charge in [-0.3, -0.25) is 4.72 Å². The quantitative estimate of drug-likeness (QED) is 0.820. The van der Waals surface area contributed by atoms with E-state index < -0.39 is 15.8 Å². The van der Waals surface area contributed by atoms with E-state index in [-0.39, 0.29) is 15.6 Å². The lowest BCUT2D eigenvalue weighted by atomic mass is 10.3. The number of rotatable bonds is 3. The molecular weight excluding hydrogens is 355 g/mol.